The minimum Gasteiger partial charge on any atom is -0.497 e. The van der Waals surface area contributed by atoms with E-state index >= 15 is 0 Å². The Hall–Kier alpha value is -3.33. The molecule has 1 heterocycles. The Morgan fingerprint density at radius 2 is 1.62 bits per heavy atom. The van der Waals surface area contributed by atoms with E-state index in [9.17, 15) is 5.26 Å². The summed E-state index contributed by atoms with van der Waals surface area (Å²) in [6.07, 6.45) is 1.47. The molecule has 3 rings (SSSR count). The predicted molar refractivity (Wildman–Crippen MR) is 95.3 cm³/mol. The van der Waals surface area contributed by atoms with Crippen LogP contribution < -0.4 is 23.7 Å². The molecule has 2 aromatic rings. The lowest BCUT2D eigenvalue weighted by Crippen LogP contribution is -2.12. The topological polar surface area (TPSA) is 69.9 Å². The van der Waals surface area contributed by atoms with Gasteiger partial charge in [-0.25, -0.2) is 0 Å². The quantitative estimate of drug-likeness (QED) is 0.817. The van der Waals surface area contributed by atoms with E-state index in [1.165, 1.54) is 6.26 Å². The molecule has 0 fully saturated rings. The first-order valence-electron chi connectivity index (χ1n) is 7.91. The van der Waals surface area contributed by atoms with E-state index in [0.29, 0.717) is 34.3 Å². The summed E-state index contributed by atoms with van der Waals surface area (Å²) in [5.74, 6) is 2.57. The lowest BCUT2D eigenvalue weighted by molar-refractivity contribution is 0.323. The molecule has 1 aliphatic heterocycles. The van der Waals surface area contributed by atoms with E-state index in [4.69, 9.17) is 23.7 Å². The summed E-state index contributed by atoms with van der Waals surface area (Å²) in [6, 6.07) is 11.4. The van der Waals surface area contributed by atoms with E-state index in [1.807, 2.05) is 24.3 Å². The average Bonchev–Trinajstić information content (AvgIpc) is 2.70. The first-order valence-corrected chi connectivity index (χ1v) is 7.91. The number of hydrogen-bond acceptors (Lipinski definition) is 6. The maximum atomic E-state index is 9.59. The van der Waals surface area contributed by atoms with Gasteiger partial charge in [0.05, 0.1) is 46.0 Å². The molecule has 0 aromatic heterocycles. The number of hydrogen-bond donors (Lipinski definition) is 0. The van der Waals surface area contributed by atoms with Gasteiger partial charge in [-0.15, -0.1) is 0 Å². The molecule has 0 radical (unpaired) electrons. The lowest BCUT2D eigenvalue weighted by Gasteiger charge is -2.25. The van der Waals surface area contributed by atoms with Crippen molar-refractivity contribution in [3.8, 4) is 34.8 Å². The van der Waals surface area contributed by atoms with Crippen molar-refractivity contribution in [1.29, 1.82) is 5.26 Å². The van der Waals surface area contributed by atoms with Crippen LogP contribution in [0.4, 0.5) is 0 Å². The van der Waals surface area contributed by atoms with Crippen molar-refractivity contribution in [3.63, 3.8) is 0 Å². The van der Waals surface area contributed by atoms with Crippen LogP contribution in [0.15, 0.2) is 42.2 Å². The number of ether oxygens (including phenoxy) is 5. The van der Waals surface area contributed by atoms with Crippen LogP contribution in [0.5, 0.6) is 28.7 Å². The number of nitrogens with zero attached hydrogens (tertiary/aromatic N) is 1. The summed E-state index contributed by atoms with van der Waals surface area (Å²) in [4.78, 5) is 0. The molecule has 0 aliphatic carbocycles. The maximum Gasteiger partial charge on any atom is 0.203 e. The Morgan fingerprint density at radius 1 is 0.923 bits per heavy atom. The summed E-state index contributed by atoms with van der Waals surface area (Å²) in [7, 11) is 6.27. The van der Waals surface area contributed by atoms with Crippen molar-refractivity contribution in [2.75, 3.05) is 28.4 Å². The Labute approximate surface area is 152 Å². The number of fused-ring (bicyclic) bond motifs is 1. The third-order valence-corrected chi connectivity index (χ3v) is 4.31. The molecule has 1 atom stereocenters. The minimum absolute atomic E-state index is 0.316. The van der Waals surface area contributed by atoms with Gasteiger partial charge in [0.15, 0.2) is 11.5 Å². The largest absolute Gasteiger partial charge is 0.497 e. The molecule has 0 bridgehead atoms. The normalized spacial score (nSPS) is 15.0. The Balaban J connectivity index is 2.19. The number of methoxy groups -OCH3 is 4. The van der Waals surface area contributed by atoms with E-state index in [0.717, 1.165) is 11.1 Å². The zero-order chi connectivity index (χ0) is 18.7. The van der Waals surface area contributed by atoms with Crippen LogP contribution in [0.3, 0.4) is 0 Å². The summed E-state index contributed by atoms with van der Waals surface area (Å²) in [5, 5.41) is 9.59. The van der Waals surface area contributed by atoms with Gasteiger partial charge in [0, 0.05) is 11.6 Å². The number of benzene rings is 2. The molecule has 0 saturated heterocycles. The highest BCUT2D eigenvalue weighted by Gasteiger charge is 2.29. The molecule has 6 nitrogen and oxygen atoms in total. The van der Waals surface area contributed by atoms with Gasteiger partial charge >= 0.3 is 0 Å². The number of allylic oxidation sites excluding steroid dienone is 1. The average molecular weight is 353 g/mol. The molecule has 6 heteroatoms. The van der Waals surface area contributed by atoms with E-state index in [1.54, 1.807) is 34.5 Å². The summed E-state index contributed by atoms with van der Waals surface area (Å²) >= 11 is 0. The van der Waals surface area contributed by atoms with Crippen LogP contribution in [-0.2, 0) is 0 Å². The van der Waals surface area contributed by atoms with E-state index in [-0.39, 0.29) is 5.92 Å². The zero-order valence-corrected chi connectivity index (χ0v) is 15.0. The van der Waals surface area contributed by atoms with Gasteiger partial charge in [-0.3, -0.25) is 0 Å². The smallest absolute Gasteiger partial charge is 0.203 e. The second-order valence-electron chi connectivity index (χ2n) is 5.60. The van der Waals surface area contributed by atoms with Crippen molar-refractivity contribution in [2.45, 2.75) is 5.92 Å². The molecule has 0 N–H and O–H groups in total. The van der Waals surface area contributed by atoms with Gasteiger partial charge in [0.2, 0.25) is 5.75 Å². The van der Waals surface area contributed by atoms with Crippen molar-refractivity contribution < 1.29 is 23.7 Å². The van der Waals surface area contributed by atoms with E-state index in [2.05, 4.69) is 6.07 Å². The SMILES string of the molecule is COc1ccc2c(c1)OC=C(C#N)[C@H]2c1cc(OC)c(OC)c(OC)c1. The first-order chi connectivity index (χ1) is 12.7. The molecular weight excluding hydrogens is 334 g/mol. The van der Waals surface area contributed by atoms with E-state index < -0.39 is 0 Å². The van der Waals surface area contributed by atoms with Crippen LogP contribution in [-0.4, -0.2) is 28.4 Å². The van der Waals surface area contributed by atoms with Crippen LogP contribution in [0.2, 0.25) is 0 Å². The summed E-state index contributed by atoms with van der Waals surface area (Å²) in [5.41, 5.74) is 2.18. The highest BCUT2D eigenvalue weighted by molar-refractivity contribution is 5.61. The first kappa shape index (κ1) is 17.5. The fraction of sp³-hybridized carbons (Fsp3) is 0.250. The zero-order valence-electron chi connectivity index (χ0n) is 15.0. The maximum absolute atomic E-state index is 9.59. The van der Waals surface area contributed by atoms with Crippen LogP contribution in [0, 0.1) is 11.3 Å². The van der Waals surface area contributed by atoms with Gasteiger partial charge in [0.25, 0.3) is 0 Å². The Bertz CT molecular complexity index is 873. The predicted octanol–water partition coefficient (Wildman–Crippen LogP) is 3.65. The van der Waals surface area contributed by atoms with Crippen LogP contribution in [0.25, 0.3) is 0 Å². The van der Waals surface area contributed by atoms with Gasteiger partial charge in [-0.1, -0.05) is 6.07 Å². The molecule has 0 amide bonds. The van der Waals surface area contributed by atoms with Crippen LogP contribution in [0.1, 0.15) is 17.0 Å². The standard InChI is InChI=1S/C20H19NO5/c1-22-14-5-6-15-16(9-14)26-11-13(10-21)19(15)12-7-17(23-2)20(25-4)18(8-12)24-3/h5-9,11,19H,1-4H3/t19-/m1/s1. The Kier molecular flexibility index (Phi) is 4.90. The molecule has 0 spiro atoms. The summed E-state index contributed by atoms with van der Waals surface area (Å²) < 4.78 is 27.2. The Morgan fingerprint density at radius 3 is 2.15 bits per heavy atom. The number of rotatable bonds is 5. The molecule has 26 heavy (non-hydrogen) atoms. The lowest BCUT2D eigenvalue weighted by atomic mass is 9.84. The highest BCUT2D eigenvalue weighted by Crippen LogP contribution is 2.46. The summed E-state index contributed by atoms with van der Waals surface area (Å²) in [6.45, 7) is 0. The van der Waals surface area contributed by atoms with Gasteiger partial charge in [-0.2, -0.15) is 5.26 Å². The van der Waals surface area contributed by atoms with Crippen molar-refractivity contribution in [3.05, 3.63) is 53.3 Å². The monoisotopic (exact) mass is 353 g/mol. The molecular formula is C20H19NO5. The second kappa shape index (κ2) is 7.28. The van der Waals surface area contributed by atoms with Crippen molar-refractivity contribution in [2.24, 2.45) is 0 Å². The van der Waals surface area contributed by atoms with Crippen molar-refractivity contribution in [1.82, 2.24) is 0 Å². The molecule has 134 valence electrons. The third-order valence-electron chi connectivity index (χ3n) is 4.31. The van der Waals surface area contributed by atoms with Gasteiger partial charge in [-0.05, 0) is 23.8 Å². The molecule has 2 aromatic carbocycles. The third kappa shape index (κ3) is 2.88. The van der Waals surface area contributed by atoms with Crippen molar-refractivity contribution >= 4 is 0 Å². The second-order valence-corrected chi connectivity index (χ2v) is 5.60. The fourth-order valence-corrected chi connectivity index (χ4v) is 3.06. The van der Waals surface area contributed by atoms with Crippen LogP contribution >= 0.6 is 0 Å². The fourth-order valence-electron chi connectivity index (χ4n) is 3.06. The highest BCUT2D eigenvalue weighted by atomic mass is 16.5. The molecule has 0 saturated carbocycles. The van der Waals surface area contributed by atoms with Gasteiger partial charge in [0.1, 0.15) is 17.8 Å². The molecule has 0 unspecified atom stereocenters. The number of nitriles is 1. The van der Waals surface area contributed by atoms with Gasteiger partial charge < -0.3 is 23.7 Å². The molecule has 1 aliphatic rings. The minimum atomic E-state index is -0.316.